The van der Waals surface area contributed by atoms with Crippen LogP contribution in [0.3, 0.4) is 0 Å². The van der Waals surface area contributed by atoms with Crippen LogP contribution in [0.2, 0.25) is 0 Å². The van der Waals surface area contributed by atoms with Crippen LogP contribution in [0.5, 0.6) is 0 Å². The summed E-state index contributed by atoms with van der Waals surface area (Å²) in [6.45, 7) is 7.53. The molecule has 0 fully saturated rings. The zero-order valence-corrected chi connectivity index (χ0v) is 11.0. The first-order valence-corrected chi connectivity index (χ1v) is 6.26. The van der Waals surface area contributed by atoms with Crippen molar-refractivity contribution >= 4 is 33.2 Å². The van der Waals surface area contributed by atoms with Gasteiger partial charge in [0.05, 0.1) is 8.66 Å². The largest absolute Gasteiger partial charge is 0.339 e. The minimum Gasteiger partial charge on any atom is -0.339 e. The van der Waals surface area contributed by atoms with Crippen molar-refractivity contribution in [2.75, 3.05) is 13.1 Å². The molecule has 0 aliphatic rings. The van der Waals surface area contributed by atoms with Gasteiger partial charge >= 0.3 is 0 Å². The molecular weight excluding hydrogens is 262 g/mol. The van der Waals surface area contributed by atoms with Gasteiger partial charge < -0.3 is 4.90 Å². The van der Waals surface area contributed by atoms with Crippen molar-refractivity contribution in [3.05, 3.63) is 20.3 Å². The lowest BCUT2D eigenvalue weighted by atomic mass is 10.3. The number of carbonyl (C=O) groups is 1. The van der Waals surface area contributed by atoms with Gasteiger partial charge in [-0.2, -0.15) is 0 Å². The molecule has 0 atom stereocenters. The van der Waals surface area contributed by atoms with E-state index in [1.807, 2.05) is 31.7 Å². The lowest BCUT2D eigenvalue weighted by molar-refractivity contribution is 0.0778. The summed E-state index contributed by atoms with van der Waals surface area (Å²) < 4.78 is 1.05. The first-order valence-electron chi connectivity index (χ1n) is 4.65. The Kier molecular flexibility index (Phi) is 4.13. The molecule has 0 N–H and O–H groups in total. The highest BCUT2D eigenvalue weighted by Gasteiger charge is 2.15. The highest BCUT2D eigenvalue weighted by molar-refractivity contribution is 9.11. The number of aryl methyl sites for hydroxylation is 1. The van der Waals surface area contributed by atoms with Crippen LogP contribution in [-0.4, -0.2) is 23.9 Å². The van der Waals surface area contributed by atoms with Gasteiger partial charge in [-0.05, 0) is 48.3 Å². The van der Waals surface area contributed by atoms with E-state index in [4.69, 9.17) is 0 Å². The van der Waals surface area contributed by atoms with Crippen LogP contribution in [0.4, 0.5) is 0 Å². The summed E-state index contributed by atoms with van der Waals surface area (Å²) in [5, 5.41) is 0. The van der Waals surface area contributed by atoms with Crippen molar-refractivity contribution in [2.24, 2.45) is 0 Å². The molecule has 14 heavy (non-hydrogen) atoms. The van der Waals surface area contributed by atoms with E-state index < -0.39 is 0 Å². The molecule has 0 bridgehead atoms. The Labute approximate surface area is 97.1 Å². The quantitative estimate of drug-likeness (QED) is 0.829. The Balaban J connectivity index is 2.88. The van der Waals surface area contributed by atoms with Crippen LogP contribution in [0.25, 0.3) is 0 Å². The van der Waals surface area contributed by atoms with E-state index in [0.29, 0.717) is 0 Å². The molecule has 0 unspecified atom stereocenters. The summed E-state index contributed by atoms with van der Waals surface area (Å²) in [5.74, 6) is 0.133. The number of hydrogen-bond acceptors (Lipinski definition) is 2. The molecule has 0 saturated carbocycles. The fraction of sp³-hybridized carbons (Fsp3) is 0.500. The first kappa shape index (κ1) is 11.7. The second-order valence-electron chi connectivity index (χ2n) is 3.04. The molecule has 0 saturated heterocycles. The summed E-state index contributed by atoms with van der Waals surface area (Å²) in [5.41, 5.74) is 1.13. The van der Waals surface area contributed by atoms with Gasteiger partial charge in [0.15, 0.2) is 0 Å². The standard InChI is InChI=1S/C10H14BrNOS/c1-4-12(5-2)10(13)8-6-7(3)9(11)14-8/h6H,4-5H2,1-3H3. The fourth-order valence-electron chi connectivity index (χ4n) is 1.23. The molecule has 1 amide bonds. The fourth-order valence-corrected chi connectivity index (χ4v) is 2.73. The van der Waals surface area contributed by atoms with Crippen molar-refractivity contribution in [1.82, 2.24) is 4.90 Å². The molecule has 0 spiro atoms. The molecule has 0 aliphatic heterocycles. The maximum absolute atomic E-state index is 11.9. The molecule has 2 nitrogen and oxygen atoms in total. The maximum Gasteiger partial charge on any atom is 0.263 e. The van der Waals surface area contributed by atoms with Crippen LogP contribution in [0.1, 0.15) is 29.1 Å². The van der Waals surface area contributed by atoms with Crippen molar-refractivity contribution in [3.8, 4) is 0 Å². The highest BCUT2D eigenvalue weighted by Crippen LogP contribution is 2.28. The molecule has 0 aromatic carbocycles. The molecule has 78 valence electrons. The van der Waals surface area contributed by atoms with Crippen LogP contribution in [-0.2, 0) is 0 Å². The molecule has 1 aromatic rings. The third-order valence-corrected chi connectivity index (χ3v) is 4.24. The smallest absolute Gasteiger partial charge is 0.263 e. The summed E-state index contributed by atoms with van der Waals surface area (Å²) in [7, 11) is 0. The number of amides is 1. The normalized spacial score (nSPS) is 10.3. The topological polar surface area (TPSA) is 20.3 Å². The third-order valence-electron chi connectivity index (χ3n) is 2.12. The molecule has 4 heteroatoms. The number of carbonyl (C=O) groups excluding carboxylic acids is 1. The SMILES string of the molecule is CCN(CC)C(=O)c1cc(C)c(Br)s1. The van der Waals surface area contributed by atoms with Gasteiger partial charge in [-0.3, -0.25) is 4.79 Å². The Hall–Kier alpha value is -0.350. The van der Waals surface area contributed by atoms with Crippen molar-refractivity contribution in [2.45, 2.75) is 20.8 Å². The molecule has 1 aromatic heterocycles. The first-order chi connectivity index (χ1) is 6.60. The molecule has 1 rings (SSSR count). The van der Waals surface area contributed by atoms with Crippen molar-refractivity contribution in [1.29, 1.82) is 0 Å². The lowest BCUT2D eigenvalue weighted by Crippen LogP contribution is -2.29. The van der Waals surface area contributed by atoms with Gasteiger partial charge in [-0.25, -0.2) is 0 Å². The van der Waals surface area contributed by atoms with Gasteiger partial charge in [-0.15, -0.1) is 11.3 Å². The second-order valence-corrected chi connectivity index (χ2v) is 5.41. The van der Waals surface area contributed by atoms with Gasteiger partial charge in [-0.1, -0.05) is 0 Å². The number of thiophene rings is 1. The van der Waals surface area contributed by atoms with E-state index in [0.717, 1.165) is 27.3 Å². The van der Waals surface area contributed by atoms with E-state index in [1.54, 1.807) is 0 Å². The molecular formula is C10H14BrNOS. The van der Waals surface area contributed by atoms with Gasteiger partial charge in [0, 0.05) is 13.1 Å². The van der Waals surface area contributed by atoms with Crippen LogP contribution < -0.4 is 0 Å². The van der Waals surface area contributed by atoms with E-state index in [2.05, 4.69) is 15.9 Å². The van der Waals surface area contributed by atoms with Crippen LogP contribution >= 0.6 is 27.3 Å². The Morgan fingerprint density at radius 1 is 1.50 bits per heavy atom. The number of halogens is 1. The summed E-state index contributed by atoms with van der Waals surface area (Å²) >= 11 is 4.93. The minimum atomic E-state index is 0.133. The maximum atomic E-state index is 11.9. The molecule has 1 heterocycles. The van der Waals surface area contributed by atoms with Crippen molar-refractivity contribution < 1.29 is 4.79 Å². The van der Waals surface area contributed by atoms with E-state index >= 15 is 0 Å². The van der Waals surface area contributed by atoms with E-state index in [1.165, 1.54) is 11.3 Å². The Bertz CT molecular complexity index is 311. The van der Waals surface area contributed by atoms with Crippen LogP contribution in [0, 0.1) is 6.92 Å². The van der Waals surface area contributed by atoms with Gasteiger partial charge in [0.2, 0.25) is 0 Å². The number of hydrogen-bond donors (Lipinski definition) is 0. The Morgan fingerprint density at radius 3 is 2.43 bits per heavy atom. The van der Waals surface area contributed by atoms with Gasteiger partial charge in [0.1, 0.15) is 0 Å². The average molecular weight is 276 g/mol. The highest BCUT2D eigenvalue weighted by atomic mass is 79.9. The van der Waals surface area contributed by atoms with Crippen LogP contribution in [0.15, 0.2) is 9.85 Å². The Morgan fingerprint density at radius 2 is 2.07 bits per heavy atom. The lowest BCUT2D eigenvalue weighted by Gasteiger charge is -2.17. The summed E-state index contributed by atoms with van der Waals surface area (Å²) in [4.78, 5) is 14.5. The summed E-state index contributed by atoms with van der Waals surface area (Å²) in [6.07, 6.45) is 0. The predicted octanol–water partition coefficient (Wildman–Crippen LogP) is 3.30. The van der Waals surface area contributed by atoms with Gasteiger partial charge in [0.25, 0.3) is 5.91 Å². The predicted molar refractivity (Wildman–Crippen MR) is 64.0 cm³/mol. The minimum absolute atomic E-state index is 0.133. The third kappa shape index (κ3) is 2.36. The summed E-state index contributed by atoms with van der Waals surface area (Å²) in [6, 6.07) is 1.94. The number of rotatable bonds is 3. The number of nitrogens with zero attached hydrogens (tertiary/aromatic N) is 1. The van der Waals surface area contributed by atoms with Crippen molar-refractivity contribution in [3.63, 3.8) is 0 Å². The molecule has 0 radical (unpaired) electrons. The second kappa shape index (κ2) is 4.94. The van der Waals surface area contributed by atoms with E-state index in [-0.39, 0.29) is 5.91 Å². The molecule has 0 aliphatic carbocycles. The van der Waals surface area contributed by atoms with E-state index in [9.17, 15) is 4.79 Å². The average Bonchev–Trinajstić information content (AvgIpc) is 2.49. The zero-order chi connectivity index (χ0) is 10.7. The zero-order valence-electron chi connectivity index (χ0n) is 8.63. The monoisotopic (exact) mass is 275 g/mol.